The molecule has 2 unspecified atom stereocenters. The first-order chi connectivity index (χ1) is 13.8. The Labute approximate surface area is 166 Å². The zero-order valence-corrected chi connectivity index (χ0v) is 16.4. The SMILES string of the molecule is COc1ccc(C(CC2OCCc3cc(C#N)ccc32)N2CCNCC2)cc1. The average Bonchev–Trinajstić information content (AvgIpc) is 2.77. The number of rotatable bonds is 5. The van der Waals surface area contributed by atoms with Crippen LogP contribution in [0.5, 0.6) is 5.75 Å². The van der Waals surface area contributed by atoms with Gasteiger partial charge in [-0.05, 0) is 53.8 Å². The zero-order chi connectivity index (χ0) is 19.3. The van der Waals surface area contributed by atoms with Crippen LogP contribution >= 0.6 is 0 Å². The number of piperazine rings is 1. The summed E-state index contributed by atoms with van der Waals surface area (Å²) >= 11 is 0. The molecule has 2 heterocycles. The van der Waals surface area contributed by atoms with E-state index in [9.17, 15) is 5.26 Å². The van der Waals surface area contributed by atoms with Gasteiger partial charge in [-0.15, -0.1) is 0 Å². The molecule has 1 saturated heterocycles. The van der Waals surface area contributed by atoms with Crippen LogP contribution < -0.4 is 10.1 Å². The Morgan fingerprint density at radius 2 is 2.00 bits per heavy atom. The second-order valence-corrected chi connectivity index (χ2v) is 7.45. The van der Waals surface area contributed by atoms with Crippen LogP contribution in [0.25, 0.3) is 0 Å². The van der Waals surface area contributed by atoms with Crippen LogP contribution in [0.2, 0.25) is 0 Å². The molecular weight excluding hydrogens is 350 g/mol. The van der Waals surface area contributed by atoms with Gasteiger partial charge in [0.2, 0.25) is 0 Å². The van der Waals surface area contributed by atoms with Crippen molar-refractivity contribution in [2.75, 3.05) is 39.9 Å². The van der Waals surface area contributed by atoms with Crippen LogP contribution in [0.4, 0.5) is 0 Å². The molecule has 2 aliphatic heterocycles. The van der Waals surface area contributed by atoms with E-state index in [1.165, 1.54) is 16.7 Å². The molecule has 2 aliphatic rings. The van der Waals surface area contributed by atoms with E-state index < -0.39 is 0 Å². The number of nitrogens with one attached hydrogen (secondary N) is 1. The lowest BCUT2D eigenvalue weighted by Crippen LogP contribution is -2.45. The predicted octanol–water partition coefficient (Wildman–Crippen LogP) is 3.22. The first-order valence-corrected chi connectivity index (χ1v) is 10.0. The molecule has 2 aromatic rings. The lowest BCUT2D eigenvalue weighted by Gasteiger charge is -2.38. The molecule has 0 amide bonds. The van der Waals surface area contributed by atoms with Gasteiger partial charge in [0.05, 0.1) is 31.5 Å². The molecule has 0 radical (unpaired) electrons. The highest BCUT2D eigenvalue weighted by atomic mass is 16.5. The number of nitriles is 1. The molecular formula is C23H27N3O2. The third kappa shape index (κ3) is 4.05. The highest BCUT2D eigenvalue weighted by Gasteiger charge is 2.29. The van der Waals surface area contributed by atoms with Gasteiger partial charge in [-0.1, -0.05) is 18.2 Å². The lowest BCUT2D eigenvalue weighted by atomic mass is 9.89. The second-order valence-electron chi connectivity index (χ2n) is 7.45. The van der Waals surface area contributed by atoms with Crippen LogP contribution in [0.1, 0.15) is 40.8 Å². The van der Waals surface area contributed by atoms with Crippen molar-refractivity contribution in [1.82, 2.24) is 10.2 Å². The minimum Gasteiger partial charge on any atom is -0.497 e. The van der Waals surface area contributed by atoms with E-state index in [2.05, 4.69) is 34.5 Å². The van der Waals surface area contributed by atoms with Crippen LogP contribution in [-0.4, -0.2) is 44.8 Å². The highest BCUT2D eigenvalue weighted by Crippen LogP contribution is 2.37. The maximum absolute atomic E-state index is 9.21. The normalized spacial score (nSPS) is 20.8. The molecule has 0 bridgehead atoms. The number of methoxy groups -OCH3 is 1. The monoisotopic (exact) mass is 377 g/mol. The Morgan fingerprint density at radius 1 is 1.21 bits per heavy atom. The first kappa shape index (κ1) is 18.9. The van der Waals surface area contributed by atoms with Gasteiger partial charge in [0, 0.05) is 32.2 Å². The molecule has 5 nitrogen and oxygen atoms in total. The predicted molar refractivity (Wildman–Crippen MR) is 108 cm³/mol. The minimum atomic E-state index is 0.0541. The second kappa shape index (κ2) is 8.74. The van der Waals surface area contributed by atoms with Gasteiger partial charge in [-0.25, -0.2) is 0 Å². The quantitative estimate of drug-likeness (QED) is 0.867. The number of hydrogen-bond acceptors (Lipinski definition) is 5. The third-order valence-electron chi connectivity index (χ3n) is 5.84. The fourth-order valence-electron chi connectivity index (χ4n) is 4.32. The number of hydrogen-bond donors (Lipinski definition) is 1. The van der Waals surface area contributed by atoms with E-state index in [-0.39, 0.29) is 6.10 Å². The maximum Gasteiger partial charge on any atom is 0.118 e. The summed E-state index contributed by atoms with van der Waals surface area (Å²) in [6.07, 6.45) is 1.84. The van der Waals surface area contributed by atoms with Gasteiger partial charge in [0.1, 0.15) is 5.75 Å². The van der Waals surface area contributed by atoms with Gasteiger partial charge in [0.15, 0.2) is 0 Å². The number of benzene rings is 2. The van der Waals surface area contributed by atoms with Crippen molar-refractivity contribution >= 4 is 0 Å². The van der Waals surface area contributed by atoms with Crippen molar-refractivity contribution in [1.29, 1.82) is 5.26 Å². The summed E-state index contributed by atoms with van der Waals surface area (Å²) in [5.41, 5.74) is 4.52. The lowest BCUT2D eigenvalue weighted by molar-refractivity contribution is 0.0119. The van der Waals surface area contributed by atoms with Crippen molar-refractivity contribution in [2.45, 2.75) is 25.0 Å². The van der Waals surface area contributed by atoms with Crippen molar-refractivity contribution in [3.05, 3.63) is 64.7 Å². The summed E-state index contributed by atoms with van der Waals surface area (Å²) in [6.45, 7) is 4.80. The summed E-state index contributed by atoms with van der Waals surface area (Å²) in [5.74, 6) is 0.881. The van der Waals surface area contributed by atoms with Gasteiger partial charge in [-0.3, -0.25) is 4.90 Å². The van der Waals surface area contributed by atoms with E-state index in [0.29, 0.717) is 12.6 Å². The number of fused-ring (bicyclic) bond motifs is 1. The van der Waals surface area contributed by atoms with Gasteiger partial charge in [-0.2, -0.15) is 5.26 Å². The summed E-state index contributed by atoms with van der Waals surface area (Å²) in [5, 5.41) is 12.7. The molecule has 0 saturated carbocycles. The molecule has 1 fully saturated rings. The largest absolute Gasteiger partial charge is 0.497 e. The minimum absolute atomic E-state index is 0.0541. The molecule has 146 valence electrons. The van der Waals surface area contributed by atoms with Crippen molar-refractivity contribution in [3.8, 4) is 11.8 Å². The van der Waals surface area contributed by atoms with E-state index in [1.807, 2.05) is 24.3 Å². The van der Waals surface area contributed by atoms with Gasteiger partial charge >= 0.3 is 0 Å². The molecule has 0 aliphatic carbocycles. The fourth-order valence-corrected chi connectivity index (χ4v) is 4.32. The van der Waals surface area contributed by atoms with E-state index in [0.717, 1.165) is 50.3 Å². The van der Waals surface area contributed by atoms with Crippen molar-refractivity contribution < 1.29 is 9.47 Å². The topological polar surface area (TPSA) is 57.5 Å². The Morgan fingerprint density at radius 3 is 2.71 bits per heavy atom. The fraction of sp³-hybridized carbons (Fsp3) is 0.435. The Bertz CT molecular complexity index is 838. The van der Waals surface area contributed by atoms with Crippen LogP contribution in [0, 0.1) is 11.3 Å². The summed E-state index contributed by atoms with van der Waals surface area (Å²) in [4.78, 5) is 2.56. The molecule has 2 atom stereocenters. The van der Waals surface area contributed by atoms with Crippen molar-refractivity contribution in [3.63, 3.8) is 0 Å². The first-order valence-electron chi connectivity index (χ1n) is 10.0. The third-order valence-corrected chi connectivity index (χ3v) is 5.84. The number of ether oxygens (including phenoxy) is 2. The summed E-state index contributed by atoms with van der Waals surface area (Å²) < 4.78 is 11.6. The van der Waals surface area contributed by atoms with Crippen LogP contribution in [-0.2, 0) is 11.2 Å². The summed E-state index contributed by atoms with van der Waals surface area (Å²) in [7, 11) is 1.70. The molecule has 1 N–H and O–H groups in total. The molecule has 2 aromatic carbocycles. The van der Waals surface area contributed by atoms with Crippen molar-refractivity contribution in [2.24, 2.45) is 0 Å². The highest BCUT2D eigenvalue weighted by molar-refractivity contribution is 5.40. The Balaban J connectivity index is 1.61. The molecule has 28 heavy (non-hydrogen) atoms. The molecule has 0 aromatic heterocycles. The summed E-state index contributed by atoms with van der Waals surface area (Å²) in [6, 6.07) is 17.0. The van der Waals surface area contributed by atoms with Crippen LogP contribution in [0.3, 0.4) is 0 Å². The Kier molecular flexibility index (Phi) is 5.92. The number of nitrogens with zero attached hydrogens (tertiary/aromatic N) is 2. The molecule has 5 heteroatoms. The van der Waals surface area contributed by atoms with E-state index >= 15 is 0 Å². The van der Waals surface area contributed by atoms with Crippen LogP contribution in [0.15, 0.2) is 42.5 Å². The molecule has 4 rings (SSSR count). The standard InChI is InChI=1S/C23H27N3O2/c1-27-20-5-3-18(4-6-20)22(26-11-9-25-10-12-26)15-23-21-7-2-17(16-24)14-19(21)8-13-28-23/h2-7,14,22-23,25H,8-13,15H2,1H3. The zero-order valence-electron chi connectivity index (χ0n) is 16.4. The smallest absolute Gasteiger partial charge is 0.118 e. The average molecular weight is 377 g/mol. The molecule has 0 spiro atoms. The maximum atomic E-state index is 9.21. The van der Waals surface area contributed by atoms with Gasteiger partial charge < -0.3 is 14.8 Å². The van der Waals surface area contributed by atoms with Gasteiger partial charge in [0.25, 0.3) is 0 Å². The van der Waals surface area contributed by atoms with E-state index in [4.69, 9.17) is 9.47 Å². The van der Waals surface area contributed by atoms with E-state index in [1.54, 1.807) is 7.11 Å². The Hall–Kier alpha value is -2.39.